The predicted molar refractivity (Wildman–Crippen MR) is 92.1 cm³/mol. The topological polar surface area (TPSA) is 86.6 Å². The third-order valence-corrected chi connectivity index (χ3v) is 4.04. The molecule has 5 heteroatoms. The molecule has 0 spiro atoms. The van der Waals surface area contributed by atoms with Gasteiger partial charge < -0.3 is 15.5 Å². The average Bonchev–Trinajstić information content (AvgIpc) is 2.51. The molecule has 1 unspecified atom stereocenters. The summed E-state index contributed by atoms with van der Waals surface area (Å²) < 4.78 is 0. The van der Waals surface area contributed by atoms with Gasteiger partial charge in [0.05, 0.1) is 0 Å². The van der Waals surface area contributed by atoms with Gasteiger partial charge in [0.25, 0.3) is 0 Å². The SMILES string of the molecule is CCCCCCCCCCCCCCCC(=O)NC(O)C(=O)O. The van der Waals surface area contributed by atoms with Gasteiger partial charge in [0, 0.05) is 6.42 Å². The van der Waals surface area contributed by atoms with Crippen LogP contribution in [0.25, 0.3) is 0 Å². The van der Waals surface area contributed by atoms with Crippen LogP contribution in [-0.4, -0.2) is 28.3 Å². The van der Waals surface area contributed by atoms with Gasteiger partial charge in [-0.1, -0.05) is 84.0 Å². The second-order valence-corrected chi connectivity index (χ2v) is 6.30. The third-order valence-electron chi connectivity index (χ3n) is 4.04. The van der Waals surface area contributed by atoms with Crippen molar-refractivity contribution in [1.29, 1.82) is 0 Å². The highest BCUT2D eigenvalue weighted by Crippen LogP contribution is 2.12. The number of hydrogen-bond acceptors (Lipinski definition) is 3. The second-order valence-electron chi connectivity index (χ2n) is 6.30. The molecule has 0 saturated heterocycles. The highest BCUT2D eigenvalue weighted by atomic mass is 16.4. The largest absolute Gasteiger partial charge is 0.478 e. The Morgan fingerprint density at radius 3 is 1.57 bits per heavy atom. The monoisotopic (exact) mass is 329 g/mol. The lowest BCUT2D eigenvalue weighted by molar-refractivity contribution is -0.151. The molecule has 0 aliphatic heterocycles. The Bertz CT molecular complexity index is 307. The van der Waals surface area contributed by atoms with Gasteiger partial charge in [0.2, 0.25) is 12.1 Å². The van der Waals surface area contributed by atoms with E-state index >= 15 is 0 Å². The molecule has 5 nitrogen and oxygen atoms in total. The van der Waals surface area contributed by atoms with E-state index in [1.54, 1.807) is 0 Å². The van der Waals surface area contributed by atoms with E-state index in [-0.39, 0.29) is 6.42 Å². The van der Waals surface area contributed by atoms with E-state index in [9.17, 15) is 9.59 Å². The summed E-state index contributed by atoms with van der Waals surface area (Å²) in [6, 6.07) is 0. The summed E-state index contributed by atoms with van der Waals surface area (Å²) in [7, 11) is 0. The number of carboxylic acids is 1. The average molecular weight is 329 g/mol. The van der Waals surface area contributed by atoms with Crippen molar-refractivity contribution in [2.75, 3.05) is 0 Å². The molecule has 0 aromatic carbocycles. The number of aliphatic hydroxyl groups is 1. The summed E-state index contributed by atoms with van der Waals surface area (Å²) >= 11 is 0. The molecule has 0 bridgehead atoms. The van der Waals surface area contributed by atoms with Crippen LogP contribution in [0.1, 0.15) is 96.8 Å². The minimum atomic E-state index is -1.79. The Morgan fingerprint density at radius 1 is 0.783 bits per heavy atom. The number of aliphatic hydroxyl groups excluding tert-OH is 1. The van der Waals surface area contributed by atoms with Crippen molar-refractivity contribution < 1.29 is 19.8 Å². The van der Waals surface area contributed by atoms with Crippen molar-refractivity contribution in [3.8, 4) is 0 Å². The molecular weight excluding hydrogens is 294 g/mol. The molecule has 3 N–H and O–H groups in total. The first-order valence-corrected chi connectivity index (χ1v) is 9.28. The van der Waals surface area contributed by atoms with Gasteiger partial charge in [-0.3, -0.25) is 4.79 Å². The van der Waals surface area contributed by atoms with Gasteiger partial charge in [-0.25, -0.2) is 4.79 Å². The van der Waals surface area contributed by atoms with E-state index in [1.165, 1.54) is 64.2 Å². The highest BCUT2D eigenvalue weighted by molar-refractivity contribution is 5.82. The zero-order valence-electron chi connectivity index (χ0n) is 14.7. The van der Waals surface area contributed by atoms with Crippen LogP contribution in [0.2, 0.25) is 0 Å². The number of amides is 1. The lowest BCUT2D eigenvalue weighted by atomic mass is 10.0. The van der Waals surface area contributed by atoms with E-state index in [0.717, 1.165) is 19.3 Å². The summed E-state index contributed by atoms with van der Waals surface area (Å²) in [5.74, 6) is -1.83. The number of unbranched alkanes of at least 4 members (excludes halogenated alkanes) is 12. The second kappa shape index (κ2) is 15.8. The van der Waals surface area contributed by atoms with Crippen LogP contribution in [-0.2, 0) is 9.59 Å². The first kappa shape index (κ1) is 21.9. The van der Waals surface area contributed by atoms with Crippen LogP contribution in [0.3, 0.4) is 0 Å². The van der Waals surface area contributed by atoms with Crippen LogP contribution in [0.5, 0.6) is 0 Å². The molecule has 0 aromatic rings. The Balaban J connectivity index is 3.21. The van der Waals surface area contributed by atoms with Gasteiger partial charge in [-0.15, -0.1) is 0 Å². The number of rotatable bonds is 16. The summed E-state index contributed by atoms with van der Waals surface area (Å²) in [4.78, 5) is 21.7. The molecule has 1 atom stereocenters. The molecule has 0 aliphatic carbocycles. The quantitative estimate of drug-likeness (QED) is 0.295. The summed E-state index contributed by atoms with van der Waals surface area (Å²) in [6.07, 6.45) is 14.6. The molecule has 0 fully saturated rings. The number of carbonyl (C=O) groups excluding carboxylic acids is 1. The van der Waals surface area contributed by atoms with Gasteiger partial charge in [0.1, 0.15) is 0 Å². The Labute approximate surface area is 140 Å². The number of aliphatic carboxylic acids is 1. The van der Waals surface area contributed by atoms with Crippen molar-refractivity contribution in [3.05, 3.63) is 0 Å². The summed E-state index contributed by atoms with van der Waals surface area (Å²) in [6.45, 7) is 2.24. The molecule has 23 heavy (non-hydrogen) atoms. The van der Waals surface area contributed by atoms with Crippen molar-refractivity contribution in [1.82, 2.24) is 5.32 Å². The lowest BCUT2D eigenvalue weighted by Crippen LogP contribution is -2.40. The third kappa shape index (κ3) is 15.6. The molecule has 136 valence electrons. The number of hydrogen-bond donors (Lipinski definition) is 3. The van der Waals surface area contributed by atoms with Crippen molar-refractivity contribution in [3.63, 3.8) is 0 Å². The molecule has 0 radical (unpaired) electrons. The summed E-state index contributed by atoms with van der Waals surface area (Å²) in [5.41, 5.74) is 0. The molecule has 0 heterocycles. The van der Waals surface area contributed by atoms with E-state index < -0.39 is 18.1 Å². The zero-order valence-corrected chi connectivity index (χ0v) is 14.7. The number of carbonyl (C=O) groups is 2. The fourth-order valence-corrected chi connectivity index (χ4v) is 2.59. The first-order valence-electron chi connectivity index (χ1n) is 9.28. The van der Waals surface area contributed by atoms with Crippen molar-refractivity contribution >= 4 is 11.9 Å². The van der Waals surface area contributed by atoms with Crippen LogP contribution < -0.4 is 5.32 Å². The number of nitrogens with one attached hydrogen (secondary N) is 1. The Kier molecular flexibility index (Phi) is 15.0. The van der Waals surface area contributed by atoms with E-state index in [2.05, 4.69) is 6.92 Å². The minimum Gasteiger partial charge on any atom is -0.478 e. The van der Waals surface area contributed by atoms with Crippen molar-refractivity contribution in [2.24, 2.45) is 0 Å². The van der Waals surface area contributed by atoms with Gasteiger partial charge in [-0.2, -0.15) is 0 Å². The van der Waals surface area contributed by atoms with Crippen LogP contribution in [0.4, 0.5) is 0 Å². The van der Waals surface area contributed by atoms with Crippen LogP contribution >= 0.6 is 0 Å². The van der Waals surface area contributed by atoms with Gasteiger partial charge in [0.15, 0.2) is 0 Å². The van der Waals surface area contributed by atoms with Crippen LogP contribution in [0, 0.1) is 0 Å². The highest BCUT2D eigenvalue weighted by Gasteiger charge is 2.15. The zero-order chi connectivity index (χ0) is 17.3. The number of carboxylic acid groups (broad SMARTS) is 1. The minimum absolute atomic E-state index is 0.280. The molecule has 1 amide bonds. The predicted octanol–water partition coefficient (Wildman–Crippen LogP) is 3.99. The Hall–Kier alpha value is -1.10. The lowest BCUT2D eigenvalue weighted by Gasteiger charge is -2.08. The maximum Gasteiger partial charge on any atom is 0.353 e. The summed E-state index contributed by atoms with van der Waals surface area (Å²) in [5, 5.41) is 19.5. The molecular formula is C18H35NO4. The van der Waals surface area contributed by atoms with E-state index in [0.29, 0.717) is 0 Å². The van der Waals surface area contributed by atoms with Gasteiger partial charge in [-0.05, 0) is 6.42 Å². The van der Waals surface area contributed by atoms with Crippen molar-refractivity contribution in [2.45, 2.75) is 103 Å². The van der Waals surface area contributed by atoms with E-state index in [4.69, 9.17) is 10.2 Å². The molecule has 0 rings (SSSR count). The molecule has 0 saturated carbocycles. The molecule has 0 aliphatic rings. The maximum absolute atomic E-state index is 11.3. The van der Waals surface area contributed by atoms with Gasteiger partial charge >= 0.3 is 5.97 Å². The normalized spacial score (nSPS) is 12.1. The van der Waals surface area contributed by atoms with Crippen LogP contribution in [0.15, 0.2) is 0 Å². The first-order chi connectivity index (χ1) is 11.1. The smallest absolute Gasteiger partial charge is 0.353 e. The van der Waals surface area contributed by atoms with E-state index in [1.807, 2.05) is 5.32 Å². The standard InChI is InChI=1S/C18H35NO4/c1-2-3-4-5-6-7-8-9-10-11-12-13-14-15-16(20)19-17(21)18(22)23/h17,21H,2-15H2,1H3,(H,19,20)(H,22,23). The molecule has 0 aromatic heterocycles. The maximum atomic E-state index is 11.3. The fourth-order valence-electron chi connectivity index (χ4n) is 2.59. The fraction of sp³-hybridized carbons (Fsp3) is 0.889. The Morgan fingerprint density at radius 2 is 1.17 bits per heavy atom.